The van der Waals surface area contributed by atoms with Crippen molar-refractivity contribution >= 4 is 11.8 Å². The van der Waals surface area contributed by atoms with Crippen molar-refractivity contribution in [2.75, 3.05) is 44.4 Å². The lowest BCUT2D eigenvalue weighted by molar-refractivity contribution is 0.194. The van der Waals surface area contributed by atoms with Gasteiger partial charge < -0.3 is 15.1 Å². The number of rotatable bonds is 4. The summed E-state index contributed by atoms with van der Waals surface area (Å²) >= 11 is 0. The maximum Gasteiger partial charge on any atom is 0.224 e. The average Bonchev–Trinajstić information content (AvgIpc) is 2.39. The fraction of sp³-hybridized carbons (Fsp3) is 0.692. The number of anilines is 2. The van der Waals surface area contributed by atoms with E-state index in [-0.39, 0.29) is 0 Å². The van der Waals surface area contributed by atoms with Crippen molar-refractivity contribution in [3.05, 3.63) is 12.0 Å². The average molecular weight is 267 g/mol. The van der Waals surface area contributed by atoms with Crippen LogP contribution < -0.4 is 10.2 Å². The Morgan fingerprint density at radius 3 is 2.95 bits per heavy atom. The molecule has 1 aromatic rings. The van der Waals surface area contributed by atoms with Gasteiger partial charge in [0.25, 0.3) is 0 Å². The van der Waals surface area contributed by atoms with Gasteiger partial charge in [-0.15, -0.1) is 0 Å². The lowest BCUT2D eigenvalue weighted by Crippen LogP contribution is -2.41. The summed E-state index contributed by atoms with van der Waals surface area (Å²) < 4.78 is 13.5. The van der Waals surface area contributed by atoms with Crippen LogP contribution in [0.4, 0.5) is 16.2 Å². The van der Waals surface area contributed by atoms with E-state index in [1.54, 1.807) is 19.0 Å². The van der Waals surface area contributed by atoms with E-state index in [0.717, 1.165) is 13.1 Å². The monoisotopic (exact) mass is 267 g/mol. The van der Waals surface area contributed by atoms with Crippen LogP contribution in [0.5, 0.6) is 0 Å². The predicted molar refractivity (Wildman–Crippen MR) is 75.1 cm³/mol. The molecule has 2 heterocycles. The topological polar surface area (TPSA) is 44.3 Å². The van der Waals surface area contributed by atoms with Crippen molar-refractivity contribution in [2.45, 2.75) is 25.3 Å². The molecule has 0 saturated carbocycles. The molecule has 0 amide bonds. The number of likely N-dealkylation sites (N-methyl/N-ethyl adjacent to an activating group) is 1. The van der Waals surface area contributed by atoms with E-state index in [1.807, 2.05) is 0 Å². The van der Waals surface area contributed by atoms with Gasteiger partial charge in [-0.05, 0) is 26.4 Å². The minimum absolute atomic E-state index is 0.314. The molecule has 1 fully saturated rings. The molecule has 1 aromatic heterocycles. The normalized spacial score (nSPS) is 20.3. The van der Waals surface area contributed by atoms with E-state index >= 15 is 0 Å². The molecule has 0 aromatic carbocycles. The number of halogens is 1. The first-order chi connectivity index (χ1) is 9.08. The third-order valence-corrected chi connectivity index (χ3v) is 3.57. The van der Waals surface area contributed by atoms with Crippen LogP contribution in [-0.2, 0) is 0 Å². The fourth-order valence-electron chi connectivity index (χ4n) is 2.37. The highest BCUT2D eigenvalue weighted by atomic mass is 19.1. The molecule has 0 radical (unpaired) electrons. The molecular weight excluding hydrogens is 245 g/mol. The molecule has 2 rings (SSSR count). The summed E-state index contributed by atoms with van der Waals surface area (Å²) in [7, 11) is 5.68. The van der Waals surface area contributed by atoms with Gasteiger partial charge in [-0.3, -0.25) is 0 Å². The first-order valence-electron chi connectivity index (χ1n) is 6.72. The number of nitrogens with one attached hydrogen (secondary N) is 1. The van der Waals surface area contributed by atoms with Gasteiger partial charge in [0.1, 0.15) is 0 Å². The Balaban J connectivity index is 1.97. The van der Waals surface area contributed by atoms with Gasteiger partial charge in [-0.2, -0.15) is 4.98 Å². The molecule has 0 spiro atoms. The molecule has 5 nitrogen and oxygen atoms in total. The largest absolute Gasteiger partial charge is 0.360 e. The number of nitrogens with zero attached hydrogens (tertiary/aromatic N) is 4. The summed E-state index contributed by atoms with van der Waals surface area (Å²) in [5, 5.41) is 3.21. The minimum Gasteiger partial charge on any atom is -0.360 e. The molecule has 1 aliphatic rings. The van der Waals surface area contributed by atoms with Crippen LogP contribution in [0, 0.1) is 5.82 Å². The molecule has 0 bridgehead atoms. The Kier molecular flexibility index (Phi) is 4.52. The maximum absolute atomic E-state index is 13.5. The van der Waals surface area contributed by atoms with E-state index < -0.39 is 5.82 Å². The summed E-state index contributed by atoms with van der Waals surface area (Å²) in [6.45, 7) is 1.94. The highest BCUT2D eigenvalue weighted by molar-refractivity contribution is 5.42. The predicted octanol–water partition coefficient (Wildman–Crippen LogP) is 1.58. The summed E-state index contributed by atoms with van der Waals surface area (Å²) in [6, 6.07) is 0.505. The van der Waals surface area contributed by atoms with E-state index in [0.29, 0.717) is 17.8 Å². The van der Waals surface area contributed by atoms with Crippen LogP contribution in [0.2, 0.25) is 0 Å². The van der Waals surface area contributed by atoms with Crippen LogP contribution >= 0.6 is 0 Å². The molecule has 106 valence electrons. The number of hydrogen-bond donors (Lipinski definition) is 1. The van der Waals surface area contributed by atoms with Gasteiger partial charge in [0.2, 0.25) is 5.95 Å². The first-order valence-corrected chi connectivity index (χ1v) is 6.72. The van der Waals surface area contributed by atoms with Gasteiger partial charge in [-0.1, -0.05) is 6.42 Å². The van der Waals surface area contributed by atoms with Gasteiger partial charge in [-0.25, -0.2) is 9.37 Å². The van der Waals surface area contributed by atoms with Gasteiger partial charge >= 0.3 is 0 Å². The summed E-state index contributed by atoms with van der Waals surface area (Å²) in [6.07, 6.45) is 4.94. The van der Waals surface area contributed by atoms with E-state index in [1.165, 1.54) is 25.5 Å². The number of likely N-dealkylation sites (tertiary alicyclic amines) is 1. The smallest absolute Gasteiger partial charge is 0.224 e. The van der Waals surface area contributed by atoms with Crippen LogP contribution in [0.3, 0.4) is 0 Å². The Hall–Kier alpha value is -1.43. The molecule has 19 heavy (non-hydrogen) atoms. The third kappa shape index (κ3) is 3.53. The fourth-order valence-corrected chi connectivity index (χ4v) is 2.37. The summed E-state index contributed by atoms with van der Waals surface area (Å²) in [4.78, 5) is 12.2. The van der Waals surface area contributed by atoms with Crippen LogP contribution in [0.25, 0.3) is 0 Å². The minimum atomic E-state index is -0.398. The molecule has 1 N–H and O–H groups in total. The van der Waals surface area contributed by atoms with Crippen LogP contribution in [0.1, 0.15) is 19.3 Å². The first kappa shape index (κ1) is 14.0. The van der Waals surface area contributed by atoms with Crippen molar-refractivity contribution in [1.29, 1.82) is 0 Å². The Bertz CT molecular complexity index is 423. The van der Waals surface area contributed by atoms with E-state index in [4.69, 9.17) is 0 Å². The number of aromatic nitrogens is 2. The zero-order chi connectivity index (χ0) is 13.8. The quantitative estimate of drug-likeness (QED) is 0.897. The lowest BCUT2D eigenvalue weighted by atomic mass is 10.0. The third-order valence-electron chi connectivity index (χ3n) is 3.57. The van der Waals surface area contributed by atoms with Crippen molar-refractivity contribution in [3.63, 3.8) is 0 Å². The van der Waals surface area contributed by atoms with Crippen molar-refractivity contribution in [3.8, 4) is 0 Å². The summed E-state index contributed by atoms with van der Waals surface area (Å²) in [5.74, 6) is 0.406. The van der Waals surface area contributed by atoms with E-state index in [2.05, 4.69) is 27.2 Å². The zero-order valence-corrected chi connectivity index (χ0v) is 11.9. The number of hydrogen-bond acceptors (Lipinski definition) is 5. The highest BCUT2D eigenvalue weighted by Gasteiger charge is 2.19. The van der Waals surface area contributed by atoms with Crippen molar-refractivity contribution in [1.82, 2.24) is 14.9 Å². The maximum atomic E-state index is 13.5. The molecule has 1 atom stereocenters. The van der Waals surface area contributed by atoms with Crippen LogP contribution in [0.15, 0.2) is 6.20 Å². The second-order valence-electron chi connectivity index (χ2n) is 5.27. The van der Waals surface area contributed by atoms with E-state index in [9.17, 15) is 4.39 Å². The Morgan fingerprint density at radius 2 is 2.26 bits per heavy atom. The van der Waals surface area contributed by atoms with Crippen molar-refractivity contribution in [2.24, 2.45) is 0 Å². The SMILES string of the molecule is CN(C)c1nc(NCC2CCCCN2C)ncc1F. The van der Waals surface area contributed by atoms with Gasteiger partial charge in [0.15, 0.2) is 11.6 Å². The summed E-state index contributed by atoms with van der Waals surface area (Å²) in [5.41, 5.74) is 0. The second kappa shape index (κ2) is 6.14. The second-order valence-corrected chi connectivity index (χ2v) is 5.27. The Morgan fingerprint density at radius 1 is 1.47 bits per heavy atom. The lowest BCUT2D eigenvalue weighted by Gasteiger charge is -2.32. The van der Waals surface area contributed by atoms with Gasteiger partial charge in [0.05, 0.1) is 6.20 Å². The van der Waals surface area contributed by atoms with Crippen LogP contribution in [-0.4, -0.2) is 55.1 Å². The molecule has 6 heteroatoms. The Labute approximate surface area is 113 Å². The van der Waals surface area contributed by atoms with Crippen molar-refractivity contribution < 1.29 is 4.39 Å². The van der Waals surface area contributed by atoms with Gasteiger partial charge in [0, 0.05) is 26.7 Å². The molecule has 1 aliphatic heterocycles. The standard InChI is InChI=1S/C13H22FN5/c1-18(2)12-11(14)9-16-13(17-12)15-8-10-6-4-5-7-19(10)3/h9-10H,4-8H2,1-3H3,(H,15,16,17). The highest BCUT2D eigenvalue weighted by Crippen LogP contribution is 2.17. The number of piperidine rings is 1. The molecule has 1 saturated heterocycles. The molecular formula is C13H22FN5. The molecule has 1 unspecified atom stereocenters. The molecule has 0 aliphatic carbocycles. The zero-order valence-electron chi connectivity index (χ0n) is 11.9.